The van der Waals surface area contributed by atoms with Crippen LogP contribution in [0.25, 0.3) is 16.9 Å². The average molecular weight is 264 g/mol. The number of fused-ring (bicyclic) bond motifs is 1. The van der Waals surface area contributed by atoms with Crippen LogP contribution in [-0.2, 0) is 6.18 Å². The molecule has 0 spiro atoms. The van der Waals surface area contributed by atoms with Gasteiger partial charge in [-0.3, -0.25) is 9.38 Å². The van der Waals surface area contributed by atoms with Gasteiger partial charge in [-0.25, -0.2) is 0 Å². The third-order valence-electron chi connectivity index (χ3n) is 2.62. The van der Waals surface area contributed by atoms with Crippen molar-refractivity contribution in [1.82, 2.24) is 19.6 Å². The van der Waals surface area contributed by atoms with Crippen molar-refractivity contribution in [2.24, 2.45) is 0 Å². The van der Waals surface area contributed by atoms with E-state index in [2.05, 4.69) is 15.2 Å². The molecule has 0 bridgehead atoms. The molecule has 0 atom stereocenters. The number of nitrogens with zero attached hydrogens (tertiary/aromatic N) is 4. The first-order valence-corrected chi connectivity index (χ1v) is 5.39. The van der Waals surface area contributed by atoms with Crippen LogP contribution in [-0.4, -0.2) is 19.6 Å². The van der Waals surface area contributed by atoms with Crippen molar-refractivity contribution in [1.29, 1.82) is 0 Å². The van der Waals surface area contributed by atoms with Crippen LogP contribution in [0, 0.1) is 0 Å². The summed E-state index contributed by atoms with van der Waals surface area (Å²) in [5.74, 6) is -1.05. The Bertz CT molecular complexity index is 719. The molecule has 0 unspecified atom stereocenters. The van der Waals surface area contributed by atoms with Crippen LogP contribution < -0.4 is 0 Å². The molecule has 0 N–H and O–H groups in total. The molecule has 1 aromatic carbocycles. The standard InChI is InChI=1S/C12H7F3N4/c13-12(14,15)11-18-17-10-6-16-9(7-19(10)11)8-4-2-1-3-5-8/h1-7H. The SMILES string of the molecule is FC(F)(F)c1nnc2cnc(-c3ccccc3)cn12. The number of halogens is 3. The van der Waals surface area contributed by atoms with Gasteiger partial charge in [-0.2, -0.15) is 13.2 Å². The van der Waals surface area contributed by atoms with Crippen LogP contribution >= 0.6 is 0 Å². The van der Waals surface area contributed by atoms with Crippen LogP contribution in [0.3, 0.4) is 0 Å². The molecule has 19 heavy (non-hydrogen) atoms. The third-order valence-corrected chi connectivity index (χ3v) is 2.62. The second-order valence-electron chi connectivity index (χ2n) is 3.89. The predicted octanol–water partition coefficient (Wildman–Crippen LogP) is 2.81. The van der Waals surface area contributed by atoms with E-state index in [4.69, 9.17) is 0 Å². The summed E-state index contributed by atoms with van der Waals surface area (Å²) in [5, 5.41) is 6.60. The smallest absolute Gasteiger partial charge is 0.275 e. The molecule has 96 valence electrons. The Hall–Kier alpha value is -2.44. The predicted molar refractivity (Wildman–Crippen MR) is 61.2 cm³/mol. The van der Waals surface area contributed by atoms with E-state index in [9.17, 15) is 13.2 Å². The van der Waals surface area contributed by atoms with Gasteiger partial charge < -0.3 is 0 Å². The van der Waals surface area contributed by atoms with Crippen molar-refractivity contribution >= 4 is 5.65 Å². The molecule has 0 saturated carbocycles. The molecule has 0 aliphatic carbocycles. The van der Waals surface area contributed by atoms with Gasteiger partial charge in [0.25, 0.3) is 0 Å². The van der Waals surface area contributed by atoms with E-state index in [0.717, 1.165) is 9.96 Å². The quantitative estimate of drug-likeness (QED) is 0.678. The lowest BCUT2D eigenvalue weighted by Gasteiger charge is -2.05. The summed E-state index contributed by atoms with van der Waals surface area (Å²) >= 11 is 0. The van der Waals surface area contributed by atoms with Crippen LogP contribution in [0.4, 0.5) is 13.2 Å². The lowest BCUT2D eigenvalue weighted by atomic mass is 10.2. The first kappa shape index (κ1) is 11.6. The molecular formula is C12H7F3N4. The largest absolute Gasteiger partial charge is 0.452 e. The Morgan fingerprint density at radius 3 is 2.42 bits per heavy atom. The fraction of sp³-hybridized carbons (Fsp3) is 0.0833. The minimum Gasteiger partial charge on any atom is -0.275 e. The monoisotopic (exact) mass is 264 g/mol. The highest BCUT2D eigenvalue weighted by Crippen LogP contribution is 2.28. The van der Waals surface area contributed by atoms with Crippen molar-refractivity contribution < 1.29 is 13.2 Å². The van der Waals surface area contributed by atoms with E-state index in [1.165, 1.54) is 12.4 Å². The van der Waals surface area contributed by atoms with Gasteiger partial charge in [0.2, 0.25) is 5.82 Å². The fourth-order valence-corrected chi connectivity index (χ4v) is 1.75. The number of hydrogen-bond acceptors (Lipinski definition) is 3. The normalized spacial score (nSPS) is 11.9. The lowest BCUT2D eigenvalue weighted by molar-refractivity contribution is -0.145. The molecule has 0 aliphatic rings. The Morgan fingerprint density at radius 2 is 1.74 bits per heavy atom. The van der Waals surface area contributed by atoms with Crippen LogP contribution in [0.1, 0.15) is 5.82 Å². The average Bonchev–Trinajstić information content (AvgIpc) is 2.82. The molecule has 7 heteroatoms. The van der Waals surface area contributed by atoms with E-state index < -0.39 is 12.0 Å². The maximum atomic E-state index is 12.7. The lowest BCUT2D eigenvalue weighted by Crippen LogP contribution is -2.11. The van der Waals surface area contributed by atoms with Crippen molar-refractivity contribution in [2.45, 2.75) is 6.18 Å². The molecule has 3 aromatic rings. The minimum atomic E-state index is -4.55. The molecule has 0 amide bonds. The molecule has 2 heterocycles. The number of rotatable bonds is 1. The molecule has 0 radical (unpaired) electrons. The Balaban J connectivity index is 2.20. The summed E-state index contributed by atoms with van der Waals surface area (Å²) in [6.07, 6.45) is -1.99. The van der Waals surface area contributed by atoms with Crippen molar-refractivity contribution in [3.8, 4) is 11.3 Å². The summed E-state index contributed by atoms with van der Waals surface area (Å²) in [7, 11) is 0. The highest BCUT2D eigenvalue weighted by molar-refractivity contribution is 5.59. The number of hydrogen-bond donors (Lipinski definition) is 0. The van der Waals surface area contributed by atoms with E-state index in [0.29, 0.717) is 5.69 Å². The van der Waals surface area contributed by atoms with Crippen molar-refractivity contribution in [3.63, 3.8) is 0 Å². The fourth-order valence-electron chi connectivity index (χ4n) is 1.75. The third kappa shape index (κ3) is 2.03. The van der Waals surface area contributed by atoms with Gasteiger partial charge in [0.05, 0.1) is 11.9 Å². The topological polar surface area (TPSA) is 43.1 Å². The first-order valence-electron chi connectivity index (χ1n) is 5.39. The number of alkyl halides is 3. The van der Waals surface area contributed by atoms with E-state index >= 15 is 0 Å². The minimum absolute atomic E-state index is 0.0620. The maximum Gasteiger partial charge on any atom is 0.452 e. The Morgan fingerprint density at radius 1 is 1.00 bits per heavy atom. The number of benzene rings is 1. The number of aromatic nitrogens is 4. The second kappa shape index (κ2) is 4.04. The van der Waals surface area contributed by atoms with E-state index in [1.54, 1.807) is 24.3 Å². The van der Waals surface area contributed by atoms with Gasteiger partial charge >= 0.3 is 6.18 Å². The summed E-state index contributed by atoms with van der Waals surface area (Å²) in [4.78, 5) is 4.08. The highest BCUT2D eigenvalue weighted by Gasteiger charge is 2.37. The molecule has 0 fully saturated rings. The summed E-state index contributed by atoms with van der Waals surface area (Å²) in [6, 6.07) is 8.94. The first-order chi connectivity index (χ1) is 9.05. The summed E-state index contributed by atoms with van der Waals surface area (Å²) in [5.41, 5.74) is 1.22. The van der Waals surface area contributed by atoms with Crippen molar-refractivity contribution in [3.05, 3.63) is 48.5 Å². The van der Waals surface area contributed by atoms with Gasteiger partial charge in [-0.1, -0.05) is 30.3 Å². The Kier molecular flexibility index (Phi) is 2.48. The molecular weight excluding hydrogens is 257 g/mol. The van der Waals surface area contributed by atoms with Crippen LogP contribution in [0.2, 0.25) is 0 Å². The van der Waals surface area contributed by atoms with Gasteiger partial charge in [-0.15, -0.1) is 10.2 Å². The molecule has 4 nitrogen and oxygen atoms in total. The highest BCUT2D eigenvalue weighted by atomic mass is 19.4. The zero-order valence-corrected chi connectivity index (χ0v) is 9.46. The van der Waals surface area contributed by atoms with E-state index in [-0.39, 0.29) is 5.65 Å². The van der Waals surface area contributed by atoms with Crippen LogP contribution in [0.5, 0.6) is 0 Å². The zero-order chi connectivity index (χ0) is 13.5. The van der Waals surface area contributed by atoms with E-state index in [1.807, 2.05) is 6.07 Å². The van der Waals surface area contributed by atoms with Crippen LogP contribution in [0.15, 0.2) is 42.7 Å². The zero-order valence-electron chi connectivity index (χ0n) is 9.46. The van der Waals surface area contributed by atoms with Gasteiger partial charge in [0, 0.05) is 11.8 Å². The van der Waals surface area contributed by atoms with Gasteiger partial charge in [-0.05, 0) is 0 Å². The molecule has 0 aliphatic heterocycles. The molecule has 3 rings (SSSR count). The van der Waals surface area contributed by atoms with Gasteiger partial charge in [0.15, 0.2) is 5.65 Å². The second-order valence-corrected chi connectivity index (χ2v) is 3.89. The van der Waals surface area contributed by atoms with Crippen molar-refractivity contribution in [2.75, 3.05) is 0 Å². The maximum absolute atomic E-state index is 12.7. The molecule has 0 saturated heterocycles. The molecule has 2 aromatic heterocycles. The summed E-state index contributed by atoms with van der Waals surface area (Å²) in [6.45, 7) is 0. The Labute approximate surface area is 105 Å². The summed E-state index contributed by atoms with van der Waals surface area (Å²) < 4.78 is 39.1. The van der Waals surface area contributed by atoms with Gasteiger partial charge in [0.1, 0.15) is 0 Å².